The van der Waals surface area contributed by atoms with Crippen molar-refractivity contribution in [1.29, 1.82) is 0 Å². The first-order chi connectivity index (χ1) is 7.76. The summed E-state index contributed by atoms with van der Waals surface area (Å²) < 4.78 is 1.11. The Morgan fingerprint density at radius 2 is 2.31 bits per heavy atom. The molecule has 1 unspecified atom stereocenters. The van der Waals surface area contributed by atoms with E-state index in [1.807, 2.05) is 0 Å². The van der Waals surface area contributed by atoms with Crippen LogP contribution in [0.5, 0.6) is 0 Å². The van der Waals surface area contributed by atoms with Crippen LogP contribution in [0.1, 0.15) is 31.7 Å². The predicted molar refractivity (Wildman–Crippen MR) is 72.7 cm³/mol. The third-order valence-electron chi connectivity index (χ3n) is 3.42. The third-order valence-corrected chi connectivity index (χ3v) is 3.91. The van der Waals surface area contributed by atoms with E-state index >= 15 is 0 Å². The number of halogens is 1. The molecule has 1 saturated heterocycles. The highest BCUT2D eigenvalue weighted by Gasteiger charge is 2.24. The maximum Gasteiger partial charge on any atom is 0.0415 e. The molecule has 88 valence electrons. The second-order valence-electron chi connectivity index (χ2n) is 4.37. The van der Waals surface area contributed by atoms with E-state index in [9.17, 15) is 0 Å². The van der Waals surface area contributed by atoms with Gasteiger partial charge in [-0.3, -0.25) is 0 Å². The highest BCUT2D eigenvalue weighted by Crippen LogP contribution is 2.31. The minimum Gasteiger partial charge on any atom is -0.368 e. The average molecular weight is 283 g/mol. The van der Waals surface area contributed by atoms with Gasteiger partial charge in [-0.05, 0) is 43.0 Å². The highest BCUT2D eigenvalue weighted by molar-refractivity contribution is 9.10. The Morgan fingerprint density at radius 1 is 1.50 bits per heavy atom. The molecule has 3 heteroatoms. The molecular formula is C13H19BrN2. The quantitative estimate of drug-likeness (QED) is 0.922. The summed E-state index contributed by atoms with van der Waals surface area (Å²) in [5, 5.41) is 0. The molecule has 1 aromatic rings. The monoisotopic (exact) mass is 282 g/mol. The van der Waals surface area contributed by atoms with Crippen molar-refractivity contribution in [2.75, 3.05) is 11.4 Å². The molecule has 2 rings (SSSR count). The smallest absolute Gasteiger partial charge is 0.0415 e. The Hall–Kier alpha value is -0.540. The van der Waals surface area contributed by atoms with Crippen LogP contribution in [0.15, 0.2) is 22.7 Å². The SMILES string of the molecule is CCC1CCCN1c1ccc(Br)cc1CN. The van der Waals surface area contributed by atoms with Gasteiger partial charge in [0.05, 0.1) is 0 Å². The minimum atomic E-state index is 0.613. The second-order valence-corrected chi connectivity index (χ2v) is 5.29. The normalized spacial score (nSPS) is 20.4. The molecule has 0 aliphatic carbocycles. The van der Waals surface area contributed by atoms with Gasteiger partial charge in [0.1, 0.15) is 0 Å². The van der Waals surface area contributed by atoms with E-state index in [4.69, 9.17) is 5.73 Å². The molecule has 16 heavy (non-hydrogen) atoms. The lowest BCUT2D eigenvalue weighted by Crippen LogP contribution is -2.29. The maximum absolute atomic E-state index is 5.83. The number of hydrogen-bond donors (Lipinski definition) is 1. The van der Waals surface area contributed by atoms with Gasteiger partial charge in [0.2, 0.25) is 0 Å². The summed E-state index contributed by atoms with van der Waals surface area (Å²) in [5.74, 6) is 0. The third kappa shape index (κ3) is 2.25. The molecule has 1 heterocycles. The summed E-state index contributed by atoms with van der Waals surface area (Å²) in [6, 6.07) is 7.15. The van der Waals surface area contributed by atoms with Crippen LogP contribution >= 0.6 is 15.9 Å². The summed E-state index contributed by atoms with van der Waals surface area (Å²) in [6.45, 7) is 4.05. The van der Waals surface area contributed by atoms with Gasteiger partial charge in [-0.25, -0.2) is 0 Å². The summed E-state index contributed by atoms with van der Waals surface area (Å²) >= 11 is 3.50. The van der Waals surface area contributed by atoms with Gasteiger partial charge < -0.3 is 10.6 Å². The number of hydrogen-bond acceptors (Lipinski definition) is 2. The van der Waals surface area contributed by atoms with E-state index in [1.54, 1.807) is 0 Å². The largest absolute Gasteiger partial charge is 0.368 e. The topological polar surface area (TPSA) is 29.3 Å². The molecule has 1 aliphatic heterocycles. The first kappa shape index (κ1) is 11.9. The van der Waals surface area contributed by atoms with Crippen molar-refractivity contribution in [3.8, 4) is 0 Å². The summed E-state index contributed by atoms with van der Waals surface area (Å²) in [4.78, 5) is 2.52. The van der Waals surface area contributed by atoms with Crippen LogP contribution in [0.25, 0.3) is 0 Å². The number of nitrogens with two attached hydrogens (primary N) is 1. The Morgan fingerprint density at radius 3 is 3.00 bits per heavy atom. The summed E-state index contributed by atoms with van der Waals surface area (Å²) in [6.07, 6.45) is 3.84. The zero-order valence-electron chi connectivity index (χ0n) is 9.75. The fourth-order valence-electron chi connectivity index (χ4n) is 2.58. The van der Waals surface area contributed by atoms with Crippen LogP contribution in [0, 0.1) is 0 Å². The van der Waals surface area contributed by atoms with Crippen molar-refractivity contribution in [3.05, 3.63) is 28.2 Å². The van der Waals surface area contributed by atoms with Crippen molar-refractivity contribution in [3.63, 3.8) is 0 Å². The van der Waals surface area contributed by atoms with Crippen LogP contribution in [-0.4, -0.2) is 12.6 Å². The first-order valence-electron chi connectivity index (χ1n) is 6.01. The van der Waals surface area contributed by atoms with E-state index in [0.717, 1.165) is 4.47 Å². The molecule has 0 saturated carbocycles. The van der Waals surface area contributed by atoms with Gasteiger partial charge in [-0.2, -0.15) is 0 Å². The maximum atomic E-state index is 5.83. The highest BCUT2D eigenvalue weighted by atomic mass is 79.9. The number of anilines is 1. The van der Waals surface area contributed by atoms with Gasteiger partial charge >= 0.3 is 0 Å². The number of rotatable bonds is 3. The van der Waals surface area contributed by atoms with Crippen LogP contribution in [0.4, 0.5) is 5.69 Å². The Labute approximate surface area is 106 Å². The van der Waals surface area contributed by atoms with Gasteiger partial charge in [-0.15, -0.1) is 0 Å². The van der Waals surface area contributed by atoms with E-state index in [0.29, 0.717) is 12.6 Å². The average Bonchev–Trinajstić information content (AvgIpc) is 2.76. The van der Waals surface area contributed by atoms with Gasteiger partial charge in [0.25, 0.3) is 0 Å². The van der Waals surface area contributed by atoms with Crippen LogP contribution in [0.3, 0.4) is 0 Å². The van der Waals surface area contributed by atoms with E-state index in [1.165, 1.54) is 37.1 Å². The zero-order valence-corrected chi connectivity index (χ0v) is 11.3. The molecule has 1 aromatic carbocycles. The molecule has 0 amide bonds. The Kier molecular flexibility index (Phi) is 3.87. The Bertz CT molecular complexity index is 365. The molecular weight excluding hydrogens is 264 g/mol. The fraction of sp³-hybridized carbons (Fsp3) is 0.538. The van der Waals surface area contributed by atoms with Crippen molar-refractivity contribution >= 4 is 21.6 Å². The van der Waals surface area contributed by atoms with Gasteiger partial charge in [0.15, 0.2) is 0 Å². The van der Waals surface area contributed by atoms with E-state index in [-0.39, 0.29) is 0 Å². The van der Waals surface area contributed by atoms with E-state index in [2.05, 4.69) is 46.0 Å². The molecule has 0 spiro atoms. The van der Waals surface area contributed by atoms with Gasteiger partial charge in [0, 0.05) is 29.3 Å². The lowest BCUT2D eigenvalue weighted by atomic mass is 10.1. The molecule has 0 radical (unpaired) electrons. The summed E-state index contributed by atoms with van der Waals surface area (Å²) in [5.41, 5.74) is 8.40. The fourth-order valence-corrected chi connectivity index (χ4v) is 2.98. The van der Waals surface area contributed by atoms with Crippen molar-refractivity contribution in [2.45, 2.75) is 38.8 Å². The number of benzene rings is 1. The minimum absolute atomic E-state index is 0.613. The predicted octanol–water partition coefficient (Wildman–Crippen LogP) is 3.29. The standard InChI is InChI=1S/C13H19BrN2/c1-2-12-4-3-7-16(12)13-6-5-11(14)8-10(13)9-15/h5-6,8,12H,2-4,7,9,15H2,1H3. The molecule has 0 bridgehead atoms. The molecule has 1 atom stereocenters. The van der Waals surface area contributed by atoms with Crippen molar-refractivity contribution < 1.29 is 0 Å². The summed E-state index contributed by atoms with van der Waals surface area (Å²) in [7, 11) is 0. The molecule has 2 nitrogen and oxygen atoms in total. The first-order valence-corrected chi connectivity index (χ1v) is 6.80. The van der Waals surface area contributed by atoms with Crippen molar-refractivity contribution in [1.82, 2.24) is 0 Å². The zero-order chi connectivity index (χ0) is 11.5. The lowest BCUT2D eigenvalue weighted by molar-refractivity contribution is 0.643. The molecule has 2 N–H and O–H groups in total. The van der Waals surface area contributed by atoms with Crippen molar-refractivity contribution in [2.24, 2.45) is 5.73 Å². The Balaban J connectivity index is 2.31. The second kappa shape index (κ2) is 5.19. The van der Waals surface area contributed by atoms with Crippen LogP contribution in [-0.2, 0) is 6.54 Å². The molecule has 0 aromatic heterocycles. The van der Waals surface area contributed by atoms with E-state index < -0.39 is 0 Å². The van der Waals surface area contributed by atoms with Crippen LogP contribution in [0.2, 0.25) is 0 Å². The van der Waals surface area contributed by atoms with Gasteiger partial charge in [-0.1, -0.05) is 22.9 Å². The van der Waals surface area contributed by atoms with Crippen LogP contribution < -0.4 is 10.6 Å². The molecule has 1 aliphatic rings. The molecule has 1 fully saturated rings. The number of nitrogens with zero attached hydrogens (tertiary/aromatic N) is 1. The lowest BCUT2D eigenvalue weighted by Gasteiger charge is -2.28.